The summed E-state index contributed by atoms with van der Waals surface area (Å²) in [5, 5.41) is 8.55. The minimum atomic E-state index is -0.0772. The van der Waals surface area contributed by atoms with Crippen LogP contribution in [0.25, 0.3) is 0 Å². The third kappa shape index (κ3) is 3.24. The van der Waals surface area contributed by atoms with E-state index < -0.39 is 0 Å². The first-order valence-corrected chi connectivity index (χ1v) is 6.74. The zero-order valence-corrected chi connectivity index (χ0v) is 11.4. The maximum Gasteiger partial charge on any atom is 0.251 e. The van der Waals surface area contributed by atoms with Gasteiger partial charge in [0.25, 0.3) is 5.91 Å². The Morgan fingerprint density at radius 1 is 1.33 bits per heavy atom. The first-order chi connectivity index (χ1) is 8.69. The average molecular weight is 281 g/mol. The molecule has 1 heterocycles. The van der Waals surface area contributed by atoms with Gasteiger partial charge in [-0.2, -0.15) is 0 Å². The van der Waals surface area contributed by atoms with Gasteiger partial charge >= 0.3 is 0 Å². The Kier molecular flexibility index (Phi) is 4.23. The molecule has 3 nitrogen and oxygen atoms in total. The van der Waals surface area contributed by atoms with E-state index in [1.54, 1.807) is 30.5 Å². The van der Waals surface area contributed by atoms with E-state index in [-0.39, 0.29) is 5.91 Å². The molecule has 0 radical (unpaired) electrons. The third-order valence-electron chi connectivity index (χ3n) is 2.46. The number of carbonyl (C=O) groups excluding carboxylic acids is 1. The lowest BCUT2D eigenvalue weighted by Gasteiger charge is -2.05. The number of nitrogens with one attached hydrogen (secondary N) is 2. The summed E-state index contributed by atoms with van der Waals surface area (Å²) in [7, 11) is 1.62. The fourth-order valence-corrected chi connectivity index (χ4v) is 2.53. The molecule has 0 spiro atoms. The SMILES string of the molecule is CNC(=O)c1ccc(NCc2cc(Cl)cs2)cc1. The van der Waals surface area contributed by atoms with Gasteiger partial charge < -0.3 is 10.6 Å². The van der Waals surface area contributed by atoms with Crippen LogP contribution in [0.15, 0.2) is 35.7 Å². The maximum atomic E-state index is 11.4. The number of hydrogen-bond donors (Lipinski definition) is 2. The number of benzene rings is 1. The van der Waals surface area contributed by atoms with Crippen LogP contribution >= 0.6 is 22.9 Å². The Morgan fingerprint density at radius 3 is 2.61 bits per heavy atom. The summed E-state index contributed by atoms with van der Waals surface area (Å²) in [6.07, 6.45) is 0. The van der Waals surface area contributed by atoms with Gasteiger partial charge in [-0.05, 0) is 30.3 Å². The highest BCUT2D eigenvalue weighted by Gasteiger charge is 2.02. The van der Waals surface area contributed by atoms with E-state index in [0.29, 0.717) is 5.56 Å². The molecule has 0 bridgehead atoms. The third-order valence-corrected chi connectivity index (χ3v) is 3.75. The highest BCUT2D eigenvalue weighted by atomic mass is 35.5. The van der Waals surface area contributed by atoms with Crippen molar-refractivity contribution in [2.24, 2.45) is 0 Å². The summed E-state index contributed by atoms with van der Waals surface area (Å²) >= 11 is 7.47. The number of thiophene rings is 1. The van der Waals surface area contributed by atoms with Crippen molar-refractivity contribution in [1.29, 1.82) is 0 Å². The van der Waals surface area contributed by atoms with Gasteiger partial charge in [0.05, 0.1) is 5.02 Å². The summed E-state index contributed by atoms with van der Waals surface area (Å²) < 4.78 is 0. The van der Waals surface area contributed by atoms with E-state index in [2.05, 4.69) is 10.6 Å². The van der Waals surface area contributed by atoms with Crippen molar-refractivity contribution in [1.82, 2.24) is 5.32 Å². The Hall–Kier alpha value is -1.52. The number of anilines is 1. The molecule has 0 aliphatic heterocycles. The second-order valence-corrected chi connectivity index (χ2v) is 5.17. The molecule has 0 saturated carbocycles. The molecule has 2 rings (SSSR count). The predicted octanol–water partition coefficient (Wildman–Crippen LogP) is 3.37. The Bertz CT molecular complexity index is 536. The molecule has 0 atom stereocenters. The largest absolute Gasteiger partial charge is 0.380 e. The van der Waals surface area contributed by atoms with Gasteiger partial charge in [0.2, 0.25) is 0 Å². The van der Waals surface area contributed by atoms with E-state index in [0.717, 1.165) is 17.3 Å². The lowest BCUT2D eigenvalue weighted by atomic mass is 10.2. The number of hydrogen-bond acceptors (Lipinski definition) is 3. The van der Waals surface area contributed by atoms with Crippen molar-refractivity contribution in [2.45, 2.75) is 6.54 Å². The molecular formula is C13H13ClN2OS. The molecular weight excluding hydrogens is 268 g/mol. The van der Waals surface area contributed by atoms with Gasteiger partial charge in [0.1, 0.15) is 0 Å². The fraction of sp³-hybridized carbons (Fsp3) is 0.154. The van der Waals surface area contributed by atoms with Crippen molar-refractivity contribution in [3.05, 3.63) is 51.2 Å². The normalized spacial score (nSPS) is 10.1. The standard InChI is InChI=1S/C13H13ClN2OS/c1-15-13(17)9-2-4-11(5-3-9)16-7-12-6-10(14)8-18-12/h2-6,8,16H,7H2,1H3,(H,15,17). The topological polar surface area (TPSA) is 41.1 Å². The quantitative estimate of drug-likeness (QED) is 0.901. The number of amides is 1. The Labute approximate surface area is 115 Å². The van der Waals surface area contributed by atoms with Gasteiger partial charge in [-0.25, -0.2) is 0 Å². The molecule has 1 amide bonds. The number of carbonyl (C=O) groups is 1. The van der Waals surface area contributed by atoms with Crippen molar-refractivity contribution in [3.63, 3.8) is 0 Å². The van der Waals surface area contributed by atoms with E-state index in [1.807, 2.05) is 23.6 Å². The first kappa shape index (κ1) is 12.9. The minimum Gasteiger partial charge on any atom is -0.380 e. The molecule has 18 heavy (non-hydrogen) atoms. The molecule has 0 aliphatic carbocycles. The highest BCUT2D eigenvalue weighted by Crippen LogP contribution is 2.20. The summed E-state index contributed by atoms with van der Waals surface area (Å²) in [4.78, 5) is 12.5. The van der Waals surface area contributed by atoms with Crippen molar-refractivity contribution < 1.29 is 4.79 Å². The zero-order chi connectivity index (χ0) is 13.0. The monoisotopic (exact) mass is 280 g/mol. The van der Waals surface area contributed by atoms with E-state index in [9.17, 15) is 4.79 Å². The van der Waals surface area contributed by atoms with Crippen LogP contribution in [-0.4, -0.2) is 13.0 Å². The van der Waals surface area contributed by atoms with E-state index in [1.165, 1.54) is 4.88 Å². The molecule has 2 N–H and O–H groups in total. The van der Waals surface area contributed by atoms with E-state index in [4.69, 9.17) is 11.6 Å². The average Bonchev–Trinajstić information content (AvgIpc) is 2.82. The summed E-state index contributed by atoms with van der Waals surface area (Å²) in [6, 6.07) is 9.31. The van der Waals surface area contributed by atoms with Crippen molar-refractivity contribution in [2.75, 3.05) is 12.4 Å². The van der Waals surface area contributed by atoms with Crippen LogP contribution in [-0.2, 0) is 6.54 Å². The number of rotatable bonds is 4. The molecule has 1 aromatic heterocycles. The molecule has 2 aromatic rings. The van der Waals surface area contributed by atoms with Crippen LogP contribution in [0.4, 0.5) is 5.69 Å². The van der Waals surface area contributed by atoms with Crippen LogP contribution in [0.5, 0.6) is 0 Å². The lowest BCUT2D eigenvalue weighted by molar-refractivity contribution is 0.0963. The highest BCUT2D eigenvalue weighted by molar-refractivity contribution is 7.10. The zero-order valence-electron chi connectivity index (χ0n) is 9.87. The molecule has 0 aliphatic rings. The van der Waals surface area contributed by atoms with Gasteiger partial charge in [-0.3, -0.25) is 4.79 Å². The van der Waals surface area contributed by atoms with Crippen LogP contribution in [0.2, 0.25) is 5.02 Å². The van der Waals surface area contributed by atoms with Gasteiger partial charge in [0, 0.05) is 35.1 Å². The predicted molar refractivity (Wildman–Crippen MR) is 76.5 cm³/mol. The second kappa shape index (κ2) is 5.89. The Morgan fingerprint density at radius 2 is 2.06 bits per heavy atom. The molecule has 0 saturated heterocycles. The van der Waals surface area contributed by atoms with E-state index >= 15 is 0 Å². The molecule has 5 heteroatoms. The van der Waals surface area contributed by atoms with Crippen LogP contribution in [0.3, 0.4) is 0 Å². The molecule has 94 valence electrons. The fourth-order valence-electron chi connectivity index (χ4n) is 1.52. The van der Waals surface area contributed by atoms with Gasteiger partial charge in [0.15, 0.2) is 0 Å². The maximum absolute atomic E-state index is 11.4. The summed E-state index contributed by atoms with van der Waals surface area (Å²) in [5.74, 6) is -0.0772. The Balaban J connectivity index is 1.96. The van der Waals surface area contributed by atoms with Gasteiger partial charge in [-0.15, -0.1) is 11.3 Å². The summed E-state index contributed by atoms with van der Waals surface area (Å²) in [5.41, 5.74) is 1.63. The molecule has 0 unspecified atom stereocenters. The second-order valence-electron chi connectivity index (χ2n) is 3.74. The molecule has 0 fully saturated rings. The van der Waals surface area contributed by atoms with Crippen LogP contribution in [0, 0.1) is 0 Å². The van der Waals surface area contributed by atoms with Crippen LogP contribution < -0.4 is 10.6 Å². The minimum absolute atomic E-state index is 0.0772. The smallest absolute Gasteiger partial charge is 0.251 e. The van der Waals surface area contributed by atoms with Crippen molar-refractivity contribution in [3.8, 4) is 0 Å². The van der Waals surface area contributed by atoms with Gasteiger partial charge in [-0.1, -0.05) is 11.6 Å². The lowest BCUT2D eigenvalue weighted by Crippen LogP contribution is -2.17. The van der Waals surface area contributed by atoms with Crippen LogP contribution in [0.1, 0.15) is 15.2 Å². The molecule has 1 aromatic carbocycles. The summed E-state index contributed by atoms with van der Waals surface area (Å²) in [6.45, 7) is 0.733. The number of halogens is 1. The first-order valence-electron chi connectivity index (χ1n) is 5.48. The van der Waals surface area contributed by atoms with Crippen molar-refractivity contribution >= 4 is 34.5 Å².